The maximum absolute atomic E-state index is 2.35. The van der Waals surface area contributed by atoms with Crippen LogP contribution in [0.3, 0.4) is 0 Å². The third-order valence-corrected chi connectivity index (χ3v) is 12.7. The molecule has 0 spiro atoms. The molecule has 0 radical (unpaired) electrons. The van der Waals surface area contributed by atoms with E-state index in [4.69, 9.17) is 0 Å². The van der Waals surface area contributed by atoms with E-state index >= 15 is 0 Å². The Morgan fingerprint density at radius 2 is 0.368 bits per heavy atom. The van der Waals surface area contributed by atoms with Crippen LogP contribution in [0, 0.1) is 0 Å². The van der Waals surface area contributed by atoms with Gasteiger partial charge in [0.2, 0.25) is 0 Å². The summed E-state index contributed by atoms with van der Waals surface area (Å²) < 4.78 is 0. The normalized spacial score (nSPS) is 10.9. The van der Waals surface area contributed by atoms with Gasteiger partial charge < -0.3 is 9.80 Å². The molecular formula is C66H48N2. The molecule has 0 bridgehead atoms. The number of benzene rings is 11. The fourth-order valence-electron chi connectivity index (χ4n) is 9.20. The zero-order chi connectivity index (χ0) is 45.5. The predicted molar refractivity (Wildman–Crippen MR) is 288 cm³/mol. The third-order valence-electron chi connectivity index (χ3n) is 12.7. The second kappa shape index (κ2) is 19.2. The Labute approximate surface area is 400 Å². The van der Waals surface area contributed by atoms with E-state index in [1.807, 2.05) is 0 Å². The van der Waals surface area contributed by atoms with E-state index in [1.54, 1.807) is 0 Å². The maximum Gasteiger partial charge on any atom is 0.0468 e. The van der Waals surface area contributed by atoms with Gasteiger partial charge in [-0.25, -0.2) is 0 Å². The van der Waals surface area contributed by atoms with E-state index < -0.39 is 0 Å². The highest BCUT2D eigenvalue weighted by Gasteiger charge is 2.18. The molecule has 2 heteroatoms. The number of anilines is 6. The van der Waals surface area contributed by atoms with Gasteiger partial charge >= 0.3 is 0 Å². The van der Waals surface area contributed by atoms with Crippen molar-refractivity contribution in [2.45, 2.75) is 0 Å². The van der Waals surface area contributed by atoms with Crippen molar-refractivity contribution >= 4 is 34.1 Å². The van der Waals surface area contributed by atoms with Crippen LogP contribution >= 0.6 is 0 Å². The Bertz CT molecular complexity index is 3270. The summed E-state index contributed by atoms with van der Waals surface area (Å²) in [6.07, 6.45) is 0. The van der Waals surface area contributed by atoms with Crippen LogP contribution in [0.4, 0.5) is 34.1 Å². The van der Waals surface area contributed by atoms with E-state index in [0.29, 0.717) is 0 Å². The zero-order valence-corrected chi connectivity index (χ0v) is 37.6. The van der Waals surface area contributed by atoms with Crippen molar-refractivity contribution in [3.05, 3.63) is 291 Å². The summed E-state index contributed by atoms with van der Waals surface area (Å²) in [6, 6.07) is 105. The van der Waals surface area contributed by atoms with Gasteiger partial charge in [-0.15, -0.1) is 0 Å². The summed E-state index contributed by atoms with van der Waals surface area (Å²) in [5.41, 5.74) is 20.8. The van der Waals surface area contributed by atoms with Gasteiger partial charge in [-0.1, -0.05) is 218 Å². The highest BCUT2D eigenvalue weighted by atomic mass is 15.1. The largest absolute Gasteiger partial charge is 0.311 e. The first-order valence-corrected chi connectivity index (χ1v) is 23.2. The summed E-state index contributed by atoms with van der Waals surface area (Å²) in [7, 11) is 0. The minimum Gasteiger partial charge on any atom is -0.311 e. The first-order valence-electron chi connectivity index (χ1n) is 23.2. The molecule has 0 aromatic heterocycles. The van der Waals surface area contributed by atoms with Crippen molar-refractivity contribution in [3.8, 4) is 66.8 Å². The van der Waals surface area contributed by atoms with Crippen LogP contribution in [0.5, 0.6) is 0 Å². The average molecular weight is 869 g/mol. The monoisotopic (exact) mass is 868 g/mol. The number of hydrogen-bond donors (Lipinski definition) is 0. The van der Waals surface area contributed by atoms with Crippen LogP contribution in [-0.4, -0.2) is 0 Å². The molecule has 11 rings (SSSR count). The van der Waals surface area contributed by atoms with Gasteiger partial charge in [-0.3, -0.25) is 0 Å². The van der Waals surface area contributed by atoms with E-state index in [-0.39, 0.29) is 0 Å². The molecule has 0 amide bonds. The quantitative estimate of drug-likeness (QED) is 0.121. The van der Waals surface area contributed by atoms with Gasteiger partial charge in [0.15, 0.2) is 0 Å². The van der Waals surface area contributed by atoms with Gasteiger partial charge in [0.05, 0.1) is 0 Å². The molecule has 0 aliphatic rings. The topological polar surface area (TPSA) is 6.48 Å². The number of hydrogen-bond acceptors (Lipinski definition) is 2. The van der Waals surface area contributed by atoms with Gasteiger partial charge in [-0.05, 0) is 140 Å². The van der Waals surface area contributed by atoms with Gasteiger partial charge in [0, 0.05) is 34.1 Å². The summed E-state index contributed by atoms with van der Waals surface area (Å²) >= 11 is 0. The molecule has 2 nitrogen and oxygen atoms in total. The van der Waals surface area contributed by atoms with Gasteiger partial charge in [-0.2, -0.15) is 0 Å². The van der Waals surface area contributed by atoms with E-state index in [9.17, 15) is 0 Å². The molecule has 0 aliphatic carbocycles. The molecular weight excluding hydrogens is 821 g/mol. The highest BCUT2D eigenvalue weighted by molar-refractivity contribution is 5.90. The summed E-state index contributed by atoms with van der Waals surface area (Å²) in [5, 5.41) is 0. The van der Waals surface area contributed by atoms with Crippen molar-refractivity contribution in [1.29, 1.82) is 0 Å². The van der Waals surface area contributed by atoms with Crippen LogP contribution in [0.15, 0.2) is 291 Å². The van der Waals surface area contributed by atoms with Crippen molar-refractivity contribution < 1.29 is 0 Å². The molecule has 68 heavy (non-hydrogen) atoms. The third kappa shape index (κ3) is 8.87. The molecule has 0 heterocycles. The van der Waals surface area contributed by atoms with Crippen LogP contribution in [-0.2, 0) is 0 Å². The van der Waals surface area contributed by atoms with E-state index in [1.165, 1.54) is 61.2 Å². The SMILES string of the molecule is c1ccc(-c2ccc(N(c3ccc(-c4ccccc4)cc3)c3ccc(-c4ccc(-c5ccc(N(c6ccccc6)c6ccc(-c7ccccc7)cc6)cc5-c5ccccc5)cc4)cc3)cc2)cc1. The van der Waals surface area contributed by atoms with Crippen LogP contribution in [0.25, 0.3) is 66.8 Å². The van der Waals surface area contributed by atoms with Crippen LogP contribution in [0.1, 0.15) is 0 Å². The minimum atomic E-state index is 1.09. The van der Waals surface area contributed by atoms with Crippen molar-refractivity contribution in [2.75, 3.05) is 9.80 Å². The lowest BCUT2D eigenvalue weighted by molar-refractivity contribution is 1.28. The fraction of sp³-hybridized carbons (Fsp3) is 0. The summed E-state index contributed by atoms with van der Waals surface area (Å²) in [5.74, 6) is 0. The van der Waals surface area contributed by atoms with Crippen molar-refractivity contribution in [3.63, 3.8) is 0 Å². The fourth-order valence-corrected chi connectivity index (χ4v) is 9.20. The Morgan fingerprint density at radius 3 is 0.721 bits per heavy atom. The first kappa shape index (κ1) is 41.7. The van der Waals surface area contributed by atoms with E-state index in [0.717, 1.165) is 39.7 Å². The lowest BCUT2D eigenvalue weighted by atomic mass is 9.92. The van der Waals surface area contributed by atoms with Gasteiger partial charge in [0.25, 0.3) is 0 Å². The molecule has 322 valence electrons. The smallest absolute Gasteiger partial charge is 0.0468 e. The molecule has 11 aromatic rings. The van der Waals surface area contributed by atoms with Crippen LogP contribution in [0.2, 0.25) is 0 Å². The summed E-state index contributed by atoms with van der Waals surface area (Å²) in [4.78, 5) is 4.68. The summed E-state index contributed by atoms with van der Waals surface area (Å²) in [6.45, 7) is 0. The lowest BCUT2D eigenvalue weighted by Gasteiger charge is -2.27. The molecule has 0 unspecified atom stereocenters. The Kier molecular flexibility index (Phi) is 11.8. The molecule has 11 aromatic carbocycles. The first-order chi connectivity index (χ1) is 33.7. The minimum absolute atomic E-state index is 1.09. The molecule has 0 saturated heterocycles. The Balaban J connectivity index is 0.909. The average Bonchev–Trinajstić information content (AvgIpc) is 3.43. The van der Waals surface area contributed by atoms with E-state index in [2.05, 4.69) is 301 Å². The van der Waals surface area contributed by atoms with Gasteiger partial charge in [0.1, 0.15) is 0 Å². The number of para-hydroxylation sites is 1. The van der Waals surface area contributed by atoms with Crippen molar-refractivity contribution in [2.24, 2.45) is 0 Å². The second-order valence-corrected chi connectivity index (χ2v) is 17.0. The Morgan fingerprint density at radius 1 is 0.147 bits per heavy atom. The van der Waals surface area contributed by atoms with Crippen molar-refractivity contribution in [1.82, 2.24) is 0 Å². The lowest BCUT2D eigenvalue weighted by Crippen LogP contribution is -2.10. The molecule has 0 aliphatic heterocycles. The van der Waals surface area contributed by atoms with Crippen LogP contribution < -0.4 is 9.80 Å². The standard InChI is InChI=1S/C66H48N2/c1-6-16-49(17-7-1)53-30-38-60(39-31-53)67(61-40-32-54(33-41-61)50-18-8-2-9-19-50)62-42-36-56(37-43-62)52-26-28-58(29-27-52)65-47-46-64(48-66(65)57-22-12-4-13-23-57)68(59-24-14-5-15-25-59)63-44-34-55(35-45-63)51-20-10-3-11-21-51/h1-48H. The Hall–Kier alpha value is -8.98. The predicted octanol–water partition coefficient (Wildman–Crippen LogP) is 18.6. The highest BCUT2D eigenvalue weighted by Crippen LogP contribution is 2.42. The zero-order valence-electron chi connectivity index (χ0n) is 37.6. The number of rotatable bonds is 12. The maximum atomic E-state index is 2.35. The molecule has 0 N–H and O–H groups in total. The molecule has 0 saturated carbocycles. The number of nitrogens with zero attached hydrogens (tertiary/aromatic N) is 2. The second-order valence-electron chi connectivity index (χ2n) is 17.0. The molecule has 0 fully saturated rings. The molecule has 0 atom stereocenters.